The Hall–Kier alpha value is -1.06. The molecule has 2 N–H and O–H groups in total. The highest BCUT2D eigenvalue weighted by atomic mass is 35.5. The number of aliphatic hydroxyl groups excluding tert-OH is 1. The van der Waals surface area contributed by atoms with Crippen LogP contribution in [0.5, 0.6) is 0 Å². The third-order valence-corrected chi connectivity index (χ3v) is 3.32. The van der Waals surface area contributed by atoms with Crippen molar-refractivity contribution >= 4 is 17.5 Å². The maximum Gasteiger partial charge on any atom is 0.220 e. The van der Waals surface area contributed by atoms with Crippen molar-refractivity contribution in [2.24, 2.45) is 5.41 Å². The molecule has 0 heterocycles. The molecular weight excluding hydrogens is 262 g/mol. The molecule has 1 aromatic carbocycles. The molecule has 4 heteroatoms. The smallest absolute Gasteiger partial charge is 0.220 e. The van der Waals surface area contributed by atoms with Crippen LogP contribution in [0.2, 0.25) is 5.02 Å². The van der Waals surface area contributed by atoms with E-state index in [4.69, 9.17) is 16.7 Å². The highest BCUT2D eigenvalue weighted by Crippen LogP contribution is 2.18. The van der Waals surface area contributed by atoms with Crippen molar-refractivity contribution < 1.29 is 9.90 Å². The first-order valence-electron chi connectivity index (χ1n) is 6.55. The Labute approximate surface area is 120 Å². The molecule has 0 aliphatic heterocycles. The van der Waals surface area contributed by atoms with Crippen molar-refractivity contribution in [3.05, 3.63) is 34.9 Å². The Balaban J connectivity index is 2.32. The van der Waals surface area contributed by atoms with E-state index < -0.39 is 0 Å². The number of benzene rings is 1. The van der Waals surface area contributed by atoms with E-state index in [2.05, 4.69) is 5.32 Å². The largest absolute Gasteiger partial charge is 0.396 e. The number of carbonyl (C=O) groups is 1. The van der Waals surface area contributed by atoms with Crippen LogP contribution in [0, 0.1) is 5.41 Å². The number of aryl methyl sites for hydroxylation is 1. The van der Waals surface area contributed by atoms with Crippen molar-refractivity contribution in [3.63, 3.8) is 0 Å². The number of carbonyl (C=O) groups excluding carboxylic acids is 1. The number of nitrogens with one attached hydrogen (secondary N) is 1. The van der Waals surface area contributed by atoms with Gasteiger partial charge in [0.05, 0.1) is 0 Å². The van der Waals surface area contributed by atoms with Gasteiger partial charge in [-0.3, -0.25) is 4.79 Å². The topological polar surface area (TPSA) is 49.3 Å². The molecule has 106 valence electrons. The highest BCUT2D eigenvalue weighted by molar-refractivity contribution is 6.30. The van der Waals surface area contributed by atoms with E-state index in [0.717, 1.165) is 5.56 Å². The van der Waals surface area contributed by atoms with Crippen molar-refractivity contribution in [2.45, 2.75) is 33.1 Å². The Morgan fingerprint density at radius 3 is 2.79 bits per heavy atom. The Bertz CT molecular complexity index is 418. The quantitative estimate of drug-likeness (QED) is 0.808. The summed E-state index contributed by atoms with van der Waals surface area (Å²) in [6.07, 6.45) is 1.82. The lowest BCUT2D eigenvalue weighted by atomic mass is 9.90. The van der Waals surface area contributed by atoms with Crippen LogP contribution in [-0.4, -0.2) is 24.2 Å². The minimum atomic E-state index is -0.0690. The molecular formula is C15H22ClNO2. The molecule has 0 radical (unpaired) electrons. The monoisotopic (exact) mass is 283 g/mol. The lowest BCUT2D eigenvalue weighted by Gasteiger charge is -2.23. The molecule has 0 bridgehead atoms. The molecule has 0 saturated carbocycles. The molecule has 0 saturated heterocycles. The Morgan fingerprint density at radius 1 is 1.42 bits per heavy atom. The van der Waals surface area contributed by atoms with Crippen LogP contribution in [0.4, 0.5) is 0 Å². The molecule has 3 nitrogen and oxygen atoms in total. The van der Waals surface area contributed by atoms with Gasteiger partial charge in [0.1, 0.15) is 0 Å². The molecule has 19 heavy (non-hydrogen) atoms. The van der Waals surface area contributed by atoms with E-state index >= 15 is 0 Å². The summed E-state index contributed by atoms with van der Waals surface area (Å²) in [5, 5.41) is 12.5. The van der Waals surface area contributed by atoms with Gasteiger partial charge in [0.2, 0.25) is 5.91 Å². The Kier molecular flexibility index (Phi) is 6.32. The predicted molar refractivity (Wildman–Crippen MR) is 78.3 cm³/mol. The first-order chi connectivity index (χ1) is 8.93. The molecule has 0 aromatic heterocycles. The summed E-state index contributed by atoms with van der Waals surface area (Å²) in [4.78, 5) is 11.7. The molecule has 1 rings (SSSR count). The normalized spacial score (nSPS) is 11.4. The van der Waals surface area contributed by atoms with Crippen LogP contribution in [0.3, 0.4) is 0 Å². The number of aliphatic hydroxyl groups is 1. The predicted octanol–water partition coefficient (Wildman–Crippen LogP) is 2.80. The molecule has 0 aliphatic rings. The summed E-state index contributed by atoms with van der Waals surface area (Å²) >= 11 is 5.89. The van der Waals surface area contributed by atoms with Crippen molar-refractivity contribution in [1.82, 2.24) is 5.32 Å². The van der Waals surface area contributed by atoms with Gasteiger partial charge < -0.3 is 10.4 Å². The molecule has 0 spiro atoms. The van der Waals surface area contributed by atoms with Gasteiger partial charge in [-0.1, -0.05) is 37.6 Å². The summed E-state index contributed by atoms with van der Waals surface area (Å²) in [5.74, 6) is 0.0333. The SMILES string of the molecule is CC(C)(CCO)CNC(=O)CCc1cccc(Cl)c1. The zero-order chi connectivity index (χ0) is 14.3. The number of amides is 1. The number of rotatable bonds is 7. The summed E-state index contributed by atoms with van der Waals surface area (Å²) in [5.41, 5.74) is 0.998. The van der Waals surface area contributed by atoms with Crippen LogP contribution in [-0.2, 0) is 11.2 Å². The van der Waals surface area contributed by atoms with Crippen LogP contribution >= 0.6 is 11.6 Å². The van der Waals surface area contributed by atoms with Gasteiger partial charge in [-0.2, -0.15) is 0 Å². The summed E-state index contributed by atoms with van der Waals surface area (Å²) < 4.78 is 0. The molecule has 1 amide bonds. The van der Waals surface area contributed by atoms with Crippen LogP contribution < -0.4 is 5.32 Å². The van der Waals surface area contributed by atoms with Crippen molar-refractivity contribution in [2.75, 3.05) is 13.2 Å². The average Bonchev–Trinajstić information content (AvgIpc) is 2.34. The van der Waals surface area contributed by atoms with Crippen molar-refractivity contribution in [1.29, 1.82) is 0 Å². The van der Waals surface area contributed by atoms with Gasteiger partial charge in [0.15, 0.2) is 0 Å². The number of hydrogen-bond acceptors (Lipinski definition) is 2. The van der Waals surface area contributed by atoms with E-state index in [0.29, 0.717) is 30.8 Å². The van der Waals surface area contributed by atoms with Gasteiger partial charge in [-0.15, -0.1) is 0 Å². The second kappa shape index (κ2) is 7.51. The lowest BCUT2D eigenvalue weighted by Crippen LogP contribution is -2.34. The van der Waals surface area contributed by atoms with Crippen LogP contribution in [0.15, 0.2) is 24.3 Å². The standard InChI is InChI=1S/C15H22ClNO2/c1-15(2,8-9-18)11-17-14(19)7-6-12-4-3-5-13(16)10-12/h3-5,10,18H,6-9,11H2,1-2H3,(H,17,19). The number of halogens is 1. The van der Waals surface area contributed by atoms with Gasteiger partial charge in [-0.25, -0.2) is 0 Å². The van der Waals surface area contributed by atoms with Gasteiger partial charge in [0.25, 0.3) is 0 Å². The van der Waals surface area contributed by atoms with E-state index in [1.54, 1.807) is 0 Å². The molecule has 0 aliphatic carbocycles. The van der Waals surface area contributed by atoms with Gasteiger partial charge in [0, 0.05) is 24.6 Å². The molecule has 0 unspecified atom stereocenters. The minimum Gasteiger partial charge on any atom is -0.396 e. The fraction of sp³-hybridized carbons (Fsp3) is 0.533. The first-order valence-corrected chi connectivity index (χ1v) is 6.93. The van der Waals surface area contributed by atoms with Crippen LogP contribution in [0.1, 0.15) is 32.3 Å². The molecule has 0 atom stereocenters. The second-order valence-electron chi connectivity index (χ2n) is 5.54. The maximum atomic E-state index is 11.7. The number of hydrogen-bond donors (Lipinski definition) is 2. The summed E-state index contributed by atoms with van der Waals surface area (Å²) in [6.45, 7) is 4.79. The first kappa shape index (κ1) is 16.0. The fourth-order valence-corrected chi connectivity index (χ4v) is 1.98. The van der Waals surface area contributed by atoms with Gasteiger partial charge in [-0.05, 0) is 36.0 Å². The summed E-state index contributed by atoms with van der Waals surface area (Å²) in [6, 6.07) is 7.56. The fourth-order valence-electron chi connectivity index (χ4n) is 1.77. The third kappa shape index (κ3) is 6.60. The minimum absolute atomic E-state index is 0.0333. The van der Waals surface area contributed by atoms with E-state index in [9.17, 15) is 4.79 Å². The lowest BCUT2D eigenvalue weighted by molar-refractivity contribution is -0.121. The van der Waals surface area contributed by atoms with E-state index in [1.807, 2.05) is 38.1 Å². The molecule has 0 fully saturated rings. The molecule has 1 aromatic rings. The van der Waals surface area contributed by atoms with Crippen LogP contribution in [0.25, 0.3) is 0 Å². The average molecular weight is 284 g/mol. The zero-order valence-electron chi connectivity index (χ0n) is 11.6. The maximum absolute atomic E-state index is 11.7. The van der Waals surface area contributed by atoms with E-state index in [-0.39, 0.29) is 17.9 Å². The third-order valence-electron chi connectivity index (χ3n) is 3.08. The van der Waals surface area contributed by atoms with Gasteiger partial charge >= 0.3 is 0 Å². The Morgan fingerprint density at radius 2 is 2.16 bits per heavy atom. The zero-order valence-corrected chi connectivity index (χ0v) is 12.3. The van der Waals surface area contributed by atoms with Crippen molar-refractivity contribution in [3.8, 4) is 0 Å². The second-order valence-corrected chi connectivity index (χ2v) is 5.98. The highest BCUT2D eigenvalue weighted by Gasteiger charge is 2.17. The van der Waals surface area contributed by atoms with E-state index in [1.165, 1.54) is 0 Å². The summed E-state index contributed by atoms with van der Waals surface area (Å²) in [7, 11) is 0.